The third-order valence-corrected chi connectivity index (χ3v) is 7.80. The Balaban J connectivity index is 2.13. The van der Waals surface area contributed by atoms with Gasteiger partial charge in [0.1, 0.15) is 36.3 Å². The Morgan fingerprint density at radius 1 is 0.956 bits per heavy atom. The van der Waals surface area contributed by atoms with Crippen molar-refractivity contribution in [1.29, 1.82) is 0 Å². The molecule has 17 nitrogen and oxygen atoms in total. The van der Waals surface area contributed by atoms with Crippen LogP contribution in [-0.4, -0.2) is 116 Å². The van der Waals surface area contributed by atoms with E-state index in [4.69, 9.17) is 10.8 Å². The minimum atomic E-state index is -1.45. The first-order valence-corrected chi connectivity index (χ1v) is 15.5. The van der Waals surface area contributed by atoms with E-state index >= 15 is 0 Å². The highest BCUT2D eigenvalue weighted by Gasteiger charge is 2.40. The van der Waals surface area contributed by atoms with Crippen LogP contribution in [-0.2, 0) is 35.2 Å². The summed E-state index contributed by atoms with van der Waals surface area (Å²) in [7, 11) is 0. The zero-order chi connectivity index (χ0) is 33.8. The maximum absolute atomic E-state index is 13.6. The fraction of sp³-hybridized carbons (Fsp3) is 0.615. The van der Waals surface area contributed by atoms with E-state index in [2.05, 4.69) is 56.5 Å². The number of rotatable bonds is 16. The molecule has 6 atom stereocenters. The number of hydrogen-bond donors (Lipinski definition) is 10. The summed E-state index contributed by atoms with van der Waals surface area (Å²) in [6.07, 6.45) is 2.17. The zero-order valence-electron chi connectivity index (χ0n) is 25.1. The summed E-state index contributed by atoms with van der Waals surface area (Å²) in [4.78, 5) is 96.3. The van der Waals surface area contributed by atoms with Crippen molar-refractivity contribution >= 4 is 66.8 Å². The second-order valence-corrected chi connectivity index (χ2v) is 11.6. The molecule has 0 saturated carbocycles. The summed E-state index contributed by atoms with van der Waals surface area (Å²) in [5, 5.41) is 21.2. The lowest BCUT2D eigenvalue weighted by Gasteiger charge is -2.31. The van der Waals surface area contributed by atoms with E-state index < -0.39 is 83.7 Å². The molecule has 250 valence electrons. The molecule has 1 aromatic heterocycles. The number of nitrogens with zero attached hydrogens (tertiary/aromatic N) is 2. The molecule has 1 fully saturated rings. The Morgan fingerprint density at radius 2 is 1.60 bits per heavy atom. The number of likely N-dealkylation sites (tertiary alicyclic amines) is 1. The van der Waals surface area contributed by atoms with Gasteiger partial charge in [-0.2, -0.15) is 25.3 Å². The van der Waals surface area contributed by atoms with Crippen molar-refractivity contribution < 1.29 is 38.7 Å². The summed E-state index contributed by atoms with van der Waals surface area (Å²) >= 11 is 8.01. The molecule has 45 heavy (non-hydrogen) atoms. The molecule has 0 bridgehead atoms. The van der Waals surface area contributed by atoms with E-state index in [-0.39, 0.29) is 24.5 Å². The van der Waals surface area contributed by atoms with Gasteiger partial charge in [-0.15, -0.1) is 0 Å². The quantitative estimate of drug-likeness (QED) is 0.0835. The van der Waals surface area contributed by atoms with Crippen molar-refractivity contribution in [3.8, 4) is 0 Å². The largest absolute Gasteiger partial charge is 0.465 e. The summed E-state index contributed by atoms with van der Waals surface area (Å²) in [6.45, 7) is 5.06. The number of amides is 7. The number of nitrogens with one attached hydrogen (secondary N) is 6. The molecule has 0 aromatic carbocycles. The zero-order valence-corrected chi connectivity index (χ0v) is 26.9. The Morgan fingerprint density at radius 3 is 2.13 bits per heavy atom. The number of carbonyl (C=O) groups is 7. The van der Waals surface area contributed by atoms with Crippen LogP contribution in [0.3, 0.4) is 0 Å². The van der Waals surface area contributed by atoms with Crippen LogP contribution in [0.15, 0.2) is 12.5 Å². The minimum Gasteiger partial charge on any atom is -0.465 e. The number of thiol groups is 2. The van der Waals surface area contributed by atoms with Gasteiger partial charge in [-0.3, -0.25) is 28.8 Å². The van der Waals surface area contributed by atoms with Gasteiger partial charge in [0, 0.05) is 36.4 Å². The smallest absolute Gasteiger partial charge is 0.405 e. The molecule has 0 spiro atoms. The van der Waals surface area contributed by atoms with Gasteiger partial charge >= 0.3 is 6.09 Å². The summed E-state index contributed by atoms with van der Waals surface area (Å²) in [5.41, 5.74) is 5.77. The Hall–Kier alpha value is -4.00. The van der Waals surface area contributed by atoms with Gasteiger partial charge in [-0.05, 0) is 25.7 Å². The lowest BCUT2D eigenvalue weighted by Crippen LogP contribution is -2.60. The lowest BCUT2D eigenvalue weighted by atomic mass is 10.0. The predicted molar refractivity (Wildman–Crippen MR) is 167 cm³/mol. The van der Waals surface area contributed by atoms with Crippen LogP contribution in [0.5, 0.6) is 0 Å². The van der Waals surface area contributed by atoms with Crippen LogP contribution in [0.1, 0.15) is 39.3 Å². The van der Waals surface area contributed by atoms with E-state index in [0.29, 0.717) is 18.5 Å². The lowest BCUT2D eigenvalue weighted by molar-refractivity contribution is -0.143. The highest BCUT2D eigenvalue weighted by atomic mass is 32.1. The SMILES string of the molecule is CC(C)[C@H](NC(=O)[C@H](C)NC(=O)[C@H](Cc1cnc[nH]1)NC(=O)[C@H](CS)NC(=O)O)C(=O)N1CCC[C@H]1C(=O)N[C@@H](CS)C(N)=O. The monoisotopic (exact) mass is 671 g/mol. The van der Waals surface area contributed by atoms with Gasteiger partial charge < -0.3 is 47.3 Å². The topological polar surface area (TPSA) is 258 Å². The summed E-state index contributed by atoms with van der Waals surface area (Å²) in [6, 6.07) is -6.60. The van der Waals surface area contributed by atoms with Crippen molar-refractivity contribution in [2.45, 2.75) is 76.3 Å². The highest BCUT2D eigenvalue weighted by molar-refractivity contribution is 7.80. The van der Waals surface area contributed by atoms with Crippen LogP contribution >= 0.6 is 25.3 Å². The van der Waals surface area contributed by atoms with Gasteiger partial charge in [0.05, 0.1) is 6.33 Å². The molecular formula is C26H41N9O8S2. The molecule has 1 aliphatic rings. The summed E-state index contributed by atoms with van der Waals surface area (Å²) in [5.74, 6) is -4.70. The van der Waals surface area contributed by atoms with Gasteiger partial charge in [-0.25, -0.2) is 9.78 Å². The van der Waals surface area contributed by atoms with Gasteiger partial charge in [0.2, 0.25) is 35.4 Å². The van der Waals surface area contributed by atoms with Gasteiger partial charge in [0.25, 0.3) is 0 Å². The number of H-pyrrole nitrogens is 1. The second-order valence-electron chi connectivity index (χ2n) is 10.8. The Labute approximate surface area is 270 Å². The third kappa shape index (κ3) is 10.8. The number of primary amides is 1. The van der Waals surface area contributed by atoms with Crippen molar-refractivity contribution in [2.75, 3.05) is 18.1 Å². The van der Waals surface area contributed by atoms with Crippen molar-refractivity contribution in [3.05, 3.63) is 18.2 Å². The number of carbonyl (C=O) groups excluding carboxylic acids is 6. The Bertz CT molecular complexity index is 1230. The number of aromatic amines is 1. The van der Waals surface area contributed by atoms with E-state index in [9.17, 15) is 33.6 Å². The predicted octanol–water partition coefficient (Wildman–Crippen LogP) is -2.46. The molecule has 19 heteroatoms. The maximum Gasteiger partial charge on any atom is 0.405 e. The Kier molecular flexibility index (Phi) is 14.4. The highest BCUT2D eigenvalue weighted by Crippen LogP contribution is 2.21. The minimum absolute atomic E-state index is 0.0164. The first-order valence-electron chi connectivity index (χ1n) is 14.2. The second kappa shape index (κ2) is 17.5. The molecule has 2 heterocycles. The molecule has 0 unspecified atom stereocenters. The van der Waals surface area contributed by atoms with Crippen LogP contribution in [0.4, 0.5) is 4.79 Å². The van der Waals surface area contributed by atoms with Gasteiger partial charge in [-0.1, -0.05) is 13.8 Å². The fourth-order valence-electron chi connectivity index (χ4n) is 4.57. The van der Waals surface area contributed by atoms with Crippen LogP contribution in [0.2, 0.25) is 0 Å². The number of carboxylic acid groups (broad SMARTS) is 1. The molecule has 1 saturated heterocycles. The van der Waals surface area contributed by atoms with E-state index in [1.54, 1.807) is 13.8 Å². The van der Waals surface area contributed by atoms with Crippen LogP contribution < -0.4 is 32.3 Å². The molecule has 2 rings (SSSR count). The van der Waals surface area contributed by atoms with E-state index in [1.165, 1.54) is 24.3 Å². The van der Waals surface area contributed by atoms with Crippen molar-refractivity contribution in [2.24, 2.45) is 11.7 Å². The van der Waals surface area contributed by atoms with E-state index in [1.807, 2.05) is 5.32 Å². The average molecular weight is 672 g/mol. The number of nitrogens with two attached hydrogens (primary N) is 1. The average Bonchev–Trinajstić information content (AvgIpc) is 3.68. The number of aromatic nitrogens is 2. The molecular weight excluding hydrogens is 630 g/mol. The standard InChI is InChI=1S/C26H41N9O8S2/c1-12(2)19(25(41)35-6-4-5-18(35)24(40)32-16(9-44)20(27)36)34-21(37)13(3)30-22(38)15(7-14-8-28-11-29-14)31-23(39)17(10-45)33-26(42)43/h8,11-13,15-19,33,44-45H,4-7,9-10H2,1-3H3,(H2,27,36)(H,28,29)(H,30,38)(H,31,39)(H,32,40)(H,34,37)(H,42,43)/t13-,15-,16-,17-,18-,19-/m0/s1. The van der Waals surface area contributed by atoms with E-state index in [0.717, 1.165) is 0 Å². The molecule has 7 amide bonds. The van der Waals surface area contributed by atoms with Gasteiger partial charge in [0.15, 0.2) is 0 Å². The summed E-state index contributed by atoms with van der Waals surface area (Å²) < 4.78 is 0. The number of imidazole rings is 1. The third-order valence-electron chi connectivity index (χ3n) is 7.07. The molecule has 9 N–H and O–H groups in total. The van der Waals surface area contributed by atoms with Crippen LogP contribution in [0, 0.1) is 5.92 Å². The molecule has 1 aliphatic heterocycles. The van der Waals surface area contributed by atoms with Crippen molar-refractivity contribution in [1.82, 2.24) is 41.5 Å². The molecule has 1 aromatic rings. The normalized spacial score (nSPS) is 17.7. The fourth-order valence-corrected chi connectivity index (χ4v) is 5.10. The van der Waals surface area contributed by atoms with Crippen molar-refractivity contribution in [3.63, 3.8) is 0 Å². The molecule has 0 aliphatic carbocycles. The maximum atomic E-state index is 13.6. The molecule has 0 radical (unpaired) electrons. The van der Waals surface area contributed by atoms with Crippen LogP contribution in [0.25, 0.3) is 0 Å². The first kappa shape index (κ1) is 37.2. The number of hydrogen-bond acceptors (Lipinski definition) is 10. The first-order chi connectivity index (χ1) is 21.2.